The Balaban J connectivity index is -0.0000000450. The SMILES string of the molecule is O=C([O-])[O-].[Ag+].[U]. The smallest absolute Gasteiger partial charge is 0.652 e. The van der Waals surface area contributed by atoms with Crippen LogP contribution in [0.25, 0.3) is 0 Å². The fourth-order valence-electron chi connectivity index (χ4n) is 0. The summed E-state index contributed by atoms with van der Waals surface area (Å²) in [5, 5.41) is 16.7. The van der Waals surface area contributed by atoms with Crippen LogP contribution >= 0.6 is 0 Å². The van der Waals surface area contributed by atoms with E-state index in [4.69, 9.17) is 15.0 Å². The van der Waals surface area contributed by atoms with Crippen LogP contribution in [-0.2, 0) is 22.4 Å². The second-order valence-corrected chi connectivity index (χ2v) is 0.250. The average molecular weight is 406 g/mol. The van der Waals surface area contributed by atoms with Crippen molar-refractivity contribution in [3.63, 3.8) is 0 Å². The number of hydrogen-bond acceptors (Lipinski definition) is 3. The molecule has 0 aromatic rings. The van der Waals surface area contributed by atoms with Crippen molar-refractivity contribution in [2.24, 2.45) is 0 Å². The van der Waals surface area contributed by atoms with Gasteiger partial charge in [0, 0.05) is 31.1 Å². The van der Waals surface area contributed by atoms with Crippen LogP contribution in [0, 0.1) is 31.1 Å². The van der Waals surface area contributed by atoms with Crippen molar-refractivity contribution in [3.05, 3.63) is 0 Å². The van der Waals surface area contributed by atoms with E-state index in [1.54, 1.807) is 0 Å². The molecule has 0 bridgehead atoms. The van der Waals surface area contributed by atoms with Gasteiger partial charge < -0.3 is 15.0 Å². The standard InChI is InChI=1S/CH2O3.Ag.U/c2-1(3)4;;/h(H2,2,3,4);;/q;+1;/p-2. The van der Waals surface area contributed by atoms with Crippen LogP contribution in [0.2, 0.25) is 0 Å². The van der Waals surface area contributed by atoms with Gasteiger partial charge in [-0.1, -0.05) is 0 Å². The Hall–Kier alpha value is 1.06. The molecule has 6 heavy (non-hydrogen) atoms. The molecule has 0 aliphatic carbocycles. The minimum absolute atomic E-state index is 0. The van der Waals surface area contributed by atoms with E-state index in [-0.39, 0.29) is 53.5 Å². The summed E-state index contributed by atoms with van der Waals surface area (Å²) in [5.74, 6) is 0. The molecule has 0 unspecified atom stereocenters. The van der Waals surface area contributed by atoms with Crippen molar-refractivity contribution >= 4 is 6.16 Å². The Morgan fingerprint density at radius 3 is 1.33 bits per heavy atom. The summed E-state index contributed by atoms with van der Waals surface area (Å²) in [5.41, 5.74) is 0. The maximum atomic E-state index is 8.33. The number of carbonyl (C=O) groups is 1. The first kappa shape index (κ1) is 15.7. The first-order valence-electron chi connectivity index (χ1n) is 0.612. The first-order valence-corrected chi connectivity index (χ1v) is 0.612. The number of hydrogen-bond donors (Lipinski definition) is 0. The molecule has 0 aliphatic rings. The topological polar surface area (TPSA) is 63.2 Å². The van der Waals surface area contributed by atoms with Gasteiger partial charge in [-0.05, 0) is 6.16 Å². The third-order valence-electron chi connectivity index (χ3n) is 0. The van der Waals surface area contributed by atoms with Crippen LogP contribution in [0.15, 0.2) is 0 Å². The van der Waals surface area contributed by atoms with Gasteiger partial charge in [0.15, 0.2) is 0 Å². The summed E-state index contributed by atoms with van der Waals surface area (Å²) in [7, 11) is 0. The normalized spacial score (nSPS) is 4.00. The van der Waals surface area contributed by atoms with Crippen LogP contribution in [0.5, 0.6) is 0 Å². The van der Waals surface area contributed by atoms with Gasteiger partial charge in [-0.15, -0.1) is 0 Å². The molecule has 0 N–H and O–H groups in total. The quantitative estimate of drug-likeness (QED) is 0.420. The zero-order valence-electron chi connectivity index (χ0n) is 2.53. The molecule has 0 aromatic carbocycles. The summed E-state index contributed by atoms with van der Waals surface area (Å²) in [6.07, 6.45) is -2.33. The zero-order valence-corrected chi connectivity index (χ0v) is 8.17. The molecule has 0 spiro atoms. The van der Waals surface area contributed by atoms with Gasteiger partial charge in [0.05, 0.1) is 0 Å². The first-order chi connectivity index (χ1) is 1.73. The summed E-state index contributed by atoms with van der Waals surface area (Å²) in [6, 6.07) is 0. The zero-order chi connectivity index (χ0) is 3.58. The monoisotopic (exact) mass is 405 g/mol. The van der Waals surface area contributed by atoms with Gasteiger partial charge in [0.25, 0.3) is 0 Å². The third kappa shape index (κ3) is 74.0. The molecule has 0 fully saturated rings. The van der Waals surface area contributed by atoms with E-state index < -0.39 is 6.16 Å². The summed E-state index contributed by atoms with van der Waals surface area (Å²) in [6.45, 7) is 0. The number of carbonyl (C=O) groups excluding carboxylic acids is 1. The molecule has 0 aromatic heterocycles. The van der Waals surface area contributed by atoms with E-state index in [0.29, 0.717) is 0 Å². The fourth-order valence-corrected chi connectivity index (χ4v) is 0. The Morgan fingerprint density at radius 1 is 1.33 bits per heavy atom. The molecule has 0 amide bonds. The third-order valence-corrected chi connectivity index (χ3v) is 0. The van der Waals surface area contributed by atoms with Crippen molar-refractivity contribution in [1.29, 1.82) is 0 Å². The van der Waals surface area contributed by atoms with Gasteiger partial charge in [-0.3, -0.25) is 0 Å². The minimum Gasteiger partial charge on any atom is -0.652 e. The fraction of sp³-hybridized carbons (Fsp3) is 0. The van der Waals surface area contributed by atoms with Crippen LogP contribution in [0.3, 0.4) is 0 Å². The van der Waals surface area contributed by atoms with Crippen molar-refractivity contribution < 1.29 is 68.5 Å². The molecule has 3 nitrogen and oxygen atoms in total. The Kier molecular flexibility index (Phi) is 24.7. The van der Waals surface area contributed by atoms with Gasteiger partial charge in [-0.2, -0.15) is 0 Å². The van der Waals surface area contributed by atoms with Crippen molar-refractivity contribution in [2.45, 2.75) is 0 Å². The van der Waals surface area contributed by atoms with E-state index in [1.807, 2.05) is 0 Å². The maximum Gasteiger partial charge on any atom is 1.00 e. The molecule has 0 atom stereocenters. The van der Waals surface area contributed by atoms with Gasteiger partial charge in [0.2, 0.25) is 0 Å². The van der Waals surface area contributed by atoms with Crippen molar-refractivity contribution in [3.8, 4) is 0 Å². The number of rotatable bonds is 0. The Labute approximate surface area is 74.0 Å². The second kappa shape index (κ2) is 9.41. The number of carboxylic acid groups (broad SMARTS) is 2. The molecule has 0 heterocycles. The van der Waals surface area contributed by atoms with Crippen LogP contribution in [0.1, 0.15) is 0 Å². The average Bonchev–Trinajstić information content (AvgIpc) is 0.811. The summed E-state index contributed by atoms with van der Waals surface area (Å²) >= 11 is 0. The van der Waals surface area contributed by atoms with Crippen LogP contribution < -0.4 is 10.2 Å². The van der Waals surface area contributed by atoms with E-state index in [0.717, 1.165) is 0 Å². The molecule has 0 saturated carbocycles. The molecule has 38 valence electrons. The Morgan fingerprint density at radius 2 is 1.33 bits per heavy atom. The van der Waals surface area contributed by atoms with Crippen molar-refractivity contribution in [1.82, 2.24) is 0 Å². The predicted octanol–water partition coefficient (Wildman–Crippen LogP) is -2.45. The predicted molar refractivity (Wildman–Crippen MR) is 5.40 cm³/mol. The minimum atomic E-state index is -2.33. The molecule has 0 aliphatic heterocycles. The largest absolute Gasteiger partial charge is 1.00 e. The maximum absolute atomic E-state index is 8.33. The second-order valence-electron chi connectivity index (χ2n) is 0.250. The van der Waals surface area contributed by atoms with Gasteiger partial charge in [0.1, 0.15) is 0 Å². The molecule has 0 radical (unpaired) electrons. The van der Waals surface area contributed by atoms with Crippen LogP contribution in [-0.4, -0.2) is 6.16 Å². The van der Waals surface area contributed by atoms with E-state index in [2.05, 4.69) is 0 Å². The van der Waals surface area contributed by atoms with Gasteiger partial charge in [-0.25, -0.2) is 0 Å². The van der Waals surface area contributed by atoms with E-state index in [9.17, 15) is 0 Å². The van der Waals surface area contributed by atoms with E-state index in [1.165, 1.54) is 0 Å². The summed E-state index contributed by atoms with van der Waals surface area (Å²) < 4.78 is 0. The molecule has 5 heteroatoms. The Bertz CT molecular complexity index is 33.8. The van der Waals surface area contributed by atoms with Gasteiger partial charge >= 0.3 is 22.4 Å². The van der Waals surface area contributed by atoms with Crippen molar-refractivity contribution in [2.75, 3.05) is 0 Å². The molecular weight excluding hydrogens is 406 g/mol. The molecule has 0 saturated heterocycles. The molecular formula is CAgO3U-. The summed E-state index contributed by atoms with van der Waals surface area (Å²) in [4.78, 5) is 8.33. The molecule has 0 rings (SSSR count). The van der Waals surface area contributed by atoms with Crippen LogP contribution in [0.4, 0.5) is 4.79 Å². The van der Waals surface area contributed by atoms with E-state index >= 15 is 0 Å².